The zero-order chi connectivity index (χ0) is 16.3. The number of hydrogen-bond donors (Lipinski definition) is 2. The fourth-order valence-corrected chi connectivity index (χ4v) is 1.74. The number of carbonyl (C=O) groups excluding carboxylic acids is 1. The second-order valence-corrected chi connectivity index (χ2v) is 5.67. The van der Waals surface area contributed by atoms with Crippen LogP contribution < -0.4 is 10.1 Å². The summed E-state index contributed by atoms with van der Waals surface area (Å²) in [5.74, 6) is -1.26. The molecule has 1 heterocycles. The molecule has 0 radical (unpaired) electrons. The Kier molecular flexibility index (Phi) is 4.21. The number of rotatable bonds is 4. The van der Waals surface area contributed by atoms with Crippen molar-refractivity contribution in [3.8, 4) is 5.75 Å². The molecule has 6 nitrogen and oxygen atoms in total. The van der Waals surface area contributed by atoms with Gasteiger partial charge >= 0.3 is 5.97 Å². The maximum Gasteiger partial charge on any atom is 0.338 e. The van der Waals surface area contributed by atoms with Gasteiger partial charge in [0, 0.05) is 6.07 Å². The van der Waals surface area contributed by atoms with Crippen molar-refractivity contribution in [3.63, 3.8) is 0 Å². The molecule has 2 N–H and O–H groups in total. The van der Waals surface area contributed by atoms with Crippen LogP contribution >= 0.6 is 0 Å². The van der Waals surface area contributed by atoms with E-state index in [4.69, 9.17) is 14.3 Å². The number of aromatic carboxylic acids is 1. The quantitative estimate of drug-likeness (QED) is 0.903. The maximum absolute atomic E-state index is 12.1. The normalized spacial score (nSPS) is 11.0. The molecule has 0 unspecified atom stereocenters. The standard InChI is InChI=1S/C16H17NO5/c1-16(2,3)22-12-7-5-4-6-11(12)17-14(18)13-8-10(9-21-13)15(19)20/h4-9H,1-3H3,(H,17,18)(H,19,20). The van der Waals surface area contributed by atoms with Gasteiger partial charge < -0.3 is 19.6 Å². The van der Waals surface area contributed by atoms with Crippen molar-refractivity contribution in [2.24, 2.45) is 0 Å². The van der Waals surface area contributed by atoms with Gasteiger partial charge in [0.05, 0.1) is 11.3 Å². The highest BCUT2D eigenvalue weighted by molar-refractivity contribution is 6.04. The second kappa shape index (κ2) is 5.93. The largest absolute Gasteiger partial charge is 0.486 e. The lowest BCUT2D eigenvalue weighted by atomic mass is 10.2. The lowest BCUT2D eigenvalue weighted by Gasteiger charge is -2.23. The van der Waals surface area contributed by atoms with Crippen LogP contribution in [-0.2, 0) is 0 Å². The van der Waals surface area contributed by atoms with Crippen molar-refractivity contribution < 1.29 is 23.8 Å². The van der Waals surface area contributed by atoms with Crippen molar-refractivity contribution in [2.75, 3.05) is 5.32 Å². The van der Waals surface area contributed by atoms with E-state index in [0.29, 0.717) is 11.4 Å². The van der Waals surface area contributed by atoms with Crippen molar-refractivity contribution in [1.82, 2.24) is 0 Å². The topological polar surface area (TPSA) is 88.8 Å². The third-order valence-electron chi connectivity index (χ3n) is 2.62. The van der Waals surface area contributed by atoms with E-state index < -0.39 is 17.5 Å². The number of nitrogens with one attached hydrogen (secondary N) is 1. The van der Waals surface area contributed by atoms with E-state index in [0.717, 1.165) is 6.26 Å². The minimum absolute atomic E-state index is 0.0793. The molecule has 0 aliphatic rings. The van der Waals surface area contributed by atoms with E-state index in [2.05, 4.69) is 5.32 Å². The van der Waals surface area contributed by atoms with Crippen LogP contribution in [0.5, 0.6) is 5.75 Å². The first-order valence-corrected chi connectivity index (χ1v) is 6.67. The molecule has 0 saturated carbocycles. The summed E-state index contributed by atoms with van der Waals surface area (Å²) in [6.07, 6.45) is 1.02. The number of carboxylic acids is 1. The van der Waals surface area contributed by atoms with E-state index >= 15 is 0 Å². The Bertz CT molecular complexity index is 697. The van der Waals surface area contributed by atoms with E-state index in [-0.39, 0.29) is 11.3 Å². The molecule has 116 valence electrons. The lowest BCUT2D eigenvalue weighted by Crippen LogP contribution is -2.24. The number of hydrogen-bond acceptors (Lipinski definition) is 4. The van der Waals surface area contributed by atoms with Crippen LogP contribution in [-0.4, -0.2) is 22.6 Å². The number of para-hydroxylation sites is 2. The van der Waals surface area contributed by atoms with E-state index in [1.807, 2.05) is 20.8 Å². The van der Waals surface area contributed by atoms with Gasteiger partial charge in [-0.15, -0.1) is 0 Å². The Morgan fingerprint density at radius 2 is 1.91 bits per heavy atom. The van der Waals surface area contributed by atoms with Crippen LogP contribution in [0.15, 0.2) is 41.0 Å². The third-order valence-corrected chi connectivity index (χ3v) is 2.62. The number of benzene rings is 1. The van der Waals surface area contributed by atoms with Crippen LogP contribution in [0.1, 0.15) is 41.7 Å². The van der Waals surface area contributed by atoms with Crippen molar-refractivity contribution >= 4 is 17.6 Å². The molecule has 0 aliphatic heterocycles. The van der Waals surface area contributed by atoms with Crippen LogP contribution in [0.3, 0.4) is 0 Å². The summed E-state index contributed by atoms with van der Waals surface area (Å²) in [7, 11) is 0. The summed E-state index contributed by atoms with van der Waals surface area (Å²) in [6.45, 7) is 5.70. The highest BCUT2D eigenvalue weighted by Crippen LogP contribution is 2.28. The molecule has 0 saturated heterocycles. The summed E-state index contributed by atoms with van der Waals surface area (Å²) in [4.78, 5) is 22.9. The zero-order valence-electron chi connectivity index (χ0n) is 12.5. The van der Waals surface area contributed by atoms with Gasteiger partial charge in [-0.1, -0.05) is 12.1 Å². The van der Waals surface area contributed by atoms with Gasteiger partial charge in [0.2, 0.25) is 0 Å². The summed E-state index contributed by atoms with van der Waals surface area (Å²) in [5.41, 5.74) is -0.0118. The first-order valence-electron chi connectivity index (χ1n) is 6.67. The Morgan fingerprint density at radius 1 is 1.23 bits per heavy atom. The summed E-state index contributed by atoms with van der Waals surface area (Å²) in [5, 5.41) is 11.5. The number of amides is 1. The molecule has 2 aromatic rings. The number of anilines is 1. The van der Waals surface area contributed by atoms with Crippen molar-refractivity contribution in [2.45, 2.75) is 26.4 Å². The van der Waals surface area contributed by atoms with Gasteiger partial charge in [0.1, 0.15) is 17.6 Å². The van der Waals surface area contributed by atoms with Crippen molar-refractivity contribution in [3.05, 3.63) is 47.9 Å². The Balaban J connectivity index is 2.19. The fraction of sp³-hybridized carbons (Fsp3) is 0.250. The monoisotopic (exact) mass is 303 g/mol. The SMILES string of the molecule is CC(C)(C)Oc1ccccc1NC(=O)c1cc(C(=O)O)co1. The molecular weight excluding hydrogens is 286 g/mol. The summed E-state index contributed by atoms with van der Waals surface area (Å²) >= 11 is 0. The molecule has 0 aliphatic carbocycles. The van der Waals surface area contributed by atoms with Gasteiger partial charge in [-0.25, -0.2) is 4.79 Å². The predicted molar refractivity (Wildman–Crippen MR) is 80.4 cm³/mol. The molecule has 0 atom stereocenters. The highest BCUT2D eigenvalue weighted by atomic mass is 16.5. The van der Waals surface area contributed by atoms with Crippen LogP contribution in [0.25, 0.3) is 0 Å². The molecule has 1 aromatic carbocycles. The number of furan rings is 1. The minimum atomic E-state index is -1.15. The first-order chi connectivity index (χ1) is 10.3. The van der Waals surface area contributed by atoms with Gasteiger partial charge in [0.15, 0.2) is 5.76 Å². The third kappa shape index (κ3) is 3.88. The zero-order valence-corrected chi connectivity index (χ0v) is 12.5. The number of carboxylic acid groups (broad SMARTS) is 1. The average Bonchev–Trinajstić information content (AvgIpc) is 2.89. The van der Waals surface area contributed by atoms with E-state index in [1.54, 1.807) is 24.3 Å². The first kappa shape index (κ1) is 15.6. The van der Waals surface area contributed by atoms with Gasteiger partial charge in [0.25, 0.3) is 5.91 Å². The van der Waals surface area contributed by atoms with Gasteiger partial charge in [-0.2, -0.15) is 0 Å². The Labute approximate surface area is 127 Å². The molecule has 22 heavy (non-hydrogen) atoms. The lowest BCUT2D eigenvalue weighted by molar-refractivity contribution is 0.0696. The minimum Gasteiger partial charge on any atom is -0.486 e. The van der Waals surface area contributed by atoms with Crippen molar-refractivity contribution in [1.29, 1.82) is 0 Å². The smallest absolute Gasteiger partial charge is 0.338 e. The Hall–Kier alpha value is -2.76. The van der Waals surface area contributed by atoms with Gasteiger partial charge in [-0.3, -0.25) is 4.79 Å². The van der Waals surface area contributed by atoms with E-state index in [9.17, 15) is 9.59 Å². The summed E-state index contributed by atoms with van der Waals surface area (Å²) < 4.78 is 10.7. The molecule has 1 amide bonds. The van der Waals surface area contributed by atoms with E-state index in [1.165, 1.54) is 6.07 Å². The van der Waals surface area contributed by atoms with Crippen LogP contribution in [0.4, 0.5) is 5.69 Å². The molecule has 0 bridgehead atoms. The van der Waals surface area contributed by atoms with Gasteiger partial charge in [-0.05, 0) is 32.9 Å². The molecule has 2 rings (SSSR count). The predicted octanol–water partition coefficient (Wildman–Crippen LogP) is 3.41. The molecule has 0 fully saturated rings. The number of ether oxygens (including phenoxy) is 1. The number of carbonyl (C=O) groups is 2. The van der Waals surface area contributed by atoms with Crippen LogP contribution in [0, 0.1) is 0 Å². The second-order valence-electron chi connectivity index (χ2n) is 5.67. The highest BCUT2D eigenvalue weighted by Gasteiger charge is 2.18. The summed E-state index contributed by atoms with van der Waals surface area (Å²) in [6, 6.07) is 8.17. The molecule has 1 aromatic heterocycles. The van der Waals surface area contributed by atoms with Crippen LogP contribution in [0.2, 0.25) is 0 Å². The maximum atomic E-state index is 12.1. The molecular formula is C16H17NO5. The molecule has 6 heteroatoms. The average molecular weight is 303 g/mol. The molecule has 0 spiro atoms. The Morgan fingerprint density at radius 3 is 2.50 bits per heavy atom. The fourth-order valence-electron chi connectivity index (χ4n) is 1.74.